The summed E-state index contributed by atoms with van der Waals surface area (Å²) in [7, 11) is -2.81. The molecule has 0 N–H and O–H groups in total. The SMILES string of the molecule is CCCCP(=O)(C/C(=C\C1CCCCC1)C(=O)OCC)OCC. The van der Waals surface area contributed by atoms with Gasteiger partial charge in [-0.2, -0.15) is 0 Å². The molecule has 1 fully saturated rings. The zero-order valence-electron chi connectivity index (χ0n) is 15.0. The highest BCUT2D eigenvalue weighted by Gasteiger charge is 2.28. The second-order valence-electron chi connectivity index (χ2n) is 6.28. The van der Waals surface area contributed by atoms with Crippen molar-refractivity contribution in [2.75, 3.05) is 25.5 Å². The third-order valence-corrected chi connectivity index (χ3v) is 6.80. The molecule has 0 heterocycles. The van der Waals surface area contributed by atoms with Crippen molar-refractivity contribution in [2.45, 2.75) is 65.7 Å². The molecule has 0 aliphatic heterocycles. The molecule has 0 aromatic heterocycles. The molecule has 23 heavy (non-hydrogen) atoms. The predicted molar refractivity (Wildman–Crippen MR) is 95.2 cm³/mol. The highest BCUT2D eigenvalue weighted by Crippen LogP contribution is 2.49. The van der Waals surface area contributed by atoms with Crippen LogP contribution in [0.25, 0.3) is 0 Å². The van der Waals surface area contributed by atoms with Crippen molar-refractivity contribution in [1.29, 1.82) is 0 Å². The van der Waals surface area contributed by atoms with Gasteiger partial charge >= 0.3 is 5.97 Å². The minimum atomic E-state index is -2.81. The lowest BCUT2D eigenvalue weighted by Crippen LogP contribution is -2.16. The molecule has 1 rings (SSSR count). The van der Waals surface area contributed by atoms with Crippen LogP contribution < -0.4 is 0 Å². The van der Waals surface area contributed by atoms with Crippen molar-refractivity contribution in [3.8, 4) is 0 Å². The Morgan fingerprint density at radius 1 is 1.13 bits per heavy atom. The summed E-state index contributed by atoms with van der Waals surface area (Å²) in [5.74, 6) is 0.0823. The Labute approximate surface area is 141 Å². The lowest BCUT2D eigenvalue weighted by molar-refractivity contribution is -0.138. The molecule has 1 unspecified atom stereocenters. The number of allylic oxidation sites excluding steroid dienone is 1. The Bertz CT molecular complexity index is 425. The largest absolute Gasteiger partial charge is 0.463 e. The minimum absolute atomic E-state index is 0.218. The number of carbonyl (C=O) groups excluding carboxylic acids is 1. The zero-order valence-corrected chi connectivity index (χ0v) is 15.9. The van der Waals surface area contributed by atoms with Gasteiger partial charge in [-0.25, -0.2) is 4.79 Å². The van der Waals surface area contributed by atoms with Crippen LogP contribution in [-0.4, -0.2) is 31.5 Å². The fourth-order valence-electron chi connectivity index (χ4n) is 3.08. The first-order valence-electron chi connectivity index (χ1n) is 9.15. The van der Waals surface area contributed by atoms with Crippen LogP contribution in [0.5, 0.6) is 0 Å². The number of ether oxygens (including phenoxy) is 1. The molecule has 0 amide bonds. The molecule has 4 nitrogen and oxygen atoms in total. The molecule has 0 aromatic rings. The minimum Gasteiger partial charge on any atom is -0.463 e. The summed E-state index contributed by atoms with van der Waals surface area (Å²) in [4.78, 5) is 12.3. The van der Waals surface area contributed by atoms with Crippen molar-refractivity contribution >= 4 is 13.3 Å². The predicted octanol–water partition coefficient (Wildman–Crippen LogP) is 5.17. The molecule has 1 aliphatic rings. The van der Waals surface area contributed by atoms with E-state index in [0.29, 0.717) is 30.9 Å². The van der Waals surface area contributed by atoms with Gasteiger partial charge in [-0.05, 0) is 39.0 Å². The van der Waals surface area contributed by atoms with E-state index in [1.807, 2.05) is 13.0 Å². The van der Waals surface area contributed by atoms with Crippen molar-refractivity contribution in [3.05, 3.63) is 11.6 Å². The molecular weight excluding hydrogens is 311 g/mol. The summed E-state index contributed by atoms with van der Waals surface area (Å²) in [5.41, 5.74) is 0.562. The number of esters is 1. The summed E-state index contributed by atoms with van der Waals surface area (Å²) in [5, 5.41) is 0. The van der Waals surface area contributed by atoms with E-state index in [-0.39, 0.29) is 12.1 Å². The summed E-state index contributed by atoms with van der Waals surface area (Å²) < 4.78 is 23.8. The average molecular weight is 344 g/mol. The van der Waals surface area contributed by atoms with Gasteiger partial charge in [0.25, 0.3) is 0 Å². The highest BCUT2D eigenvalue weighted by molar-refractivity contribution is 7.59. The fourth-order valence-corrected chi connectivity index (χ4v) is 5.48. The van der Waals surface area contributed by atoms with Crippen LogP contribution in [0.4, 0.5) is 0 Å². The smallest absolute Gasteiger partial charge is 0.334 e. The van der Waals surface area contributed by atoms with Gasteiger partial charge in [0.1, 0.15) is 0 Å². The Morgan fingerprint density at radius 3 is 2.39 bits per heavy atom. The van der Waals surface area contributed by atoms with E-state index < -0.39 is 7.37 Å². The number of unbranched alkanes of at least 4 members (excludes halogenated alkanes) is 1. The molecule has 0 radical (unpaired) electrons. The molecule has 0 bridgehead atoms. The number of hydrogen-bond acceptors (Lipinski definition) is 4. The summed E-state index contributed by atoms with van der Waals surface area (Å²) in [6.07, 6.45) is 10.5. The van der Waals surface area contributed by atoms with E-state index in [1.165, 1.54) is 19.3 Å². The maximum absolute atomic E-state index is 13.1. The van der Waals surface area contributed by atoms with Crippen LogP contribution in [0.15, 0.2) is 11.6 Å². The second kappa shape index (κ2) is 11.0. The van der Waals surface area contributed by atoms with Gasteiger partial charge in [-0.3, -0.25) is 4.57 Å². The molecular formula is C18H33O4P. The lowest BCUT2D eigenvalue weighted by Gasteiger charge is -2.22. The van der Waals surface area contributed by atoms with Gasteiger partial charge in [-0.1, -0.05) is 38.7 Å². The Kier molecular flexibility index (Phi) is 9.81. The molecule has 1 saturated carbocycles. The maximum atomic E-state index is 13.1. The number of rotatable bonds is 10. The first kappa shape index (κ1) is 20.4. The van der Waals surface area contributed by atoms with E-state index in [9.17, 15) is 9.36 Å². The van der Waals surface area contributed by atoms with Gasteiger partial charge in [0.2, 0.25) is 7.37 Å². The van der Waals surface area contributed by atoms with Gasteiger partial charge in [-0.15, -0.1) is 0 Å². The molecule has 0 saturated heterocycles. The van der Waals surface area contributed by atoms with Crippen molar-refractivity contribution in [3.63, 3.8) is 0 Å². The van der Waals surface area contributed by atoms with E-state index in [2.05, 4.69) is 6.92 Å². The van der Waals surface area contributed by atoms with E-state index in [4.69, 9.17) is 9.26 Å². The van der Waals surface area contributed by atoms with Gasteiger partial charge in [0, 0.05) is 11.7 Å². The standard InChI is InChI=1S/C18H33O4P/c1-4-7-13-23(20,22-6-3)15-17(18(19)21-5-2)14-16-11-9-8-10-12-16/h14,16H,4-13,15H2,1-3H3/b17-14+. The number of hydrogen-bond donors (Lipinski definition) is 0. The Balaban J connectivity index is 2.90. The van der Waals surface area contributed by atoms with Crippen molar-refractivity contribution < 1.29 is 18.6 Å². The van der Waals surface area contributed by atoms with Gasteiger partial charge < -0.3 is 9.26 Å². The monoisotopic (exact) mass is 344 g/mol. The highest BCUT2D eigenvalue weighted by atomic mass is 31.2. The molecule has 1 atom stereocenters. The average Bonchev–Trinajstić information content (AvgIpc) is 2.54. The van der Waals surface area contributed by atoms with Crippen LogP contribution in [0, 0.1) is 5.92 Å². The lowest BCUT2D eigenvalue weighted by atomic mass is 9.88. The third-order valence-electron chi connectivity index (χ3n) is 4.25. The van der Waals surface area contributed by atoms with Crippen LogP contribution in [0.3, 0.4) is 0 Å². The molecule has 1 aliphatic carbocycles. The normalized spacial score (nSPS) is 19.3. The van der Waals surface area contributed by atoms with Crippen LogP contribution >= 0.6 is 7.37 Å². The van der Waals surface area contributed by atoms with Crippen molar-refractivity contribution in [1.82, 2.24) is 0 Å². The first-order chi connectivity index (χ1) is 11.0. The molecule has 134 valence electrons. The fraction of sp³-hybridized carbons (Fsp3) is 0.833. The van der Waals surface area contributed by atoms with Crippen LogP contribution in [0.2, 0.25) is 0 Å². The van der Waals surface area contributed by atoms with Crippen LogP contribution in [-0.2, 0) is 18.6 Å². The molecule has 0 spiro atoms. The first-order valence-corrected chi connectivity index (χ1v) is 11.1. The van der Waals surface area contributed by atoms with Gasteiger partial charge in [0.15, 0.2) is 0 Å². The zero-order chi connectivity index (χ0) is 17.1. The summed E-state index contributed by atoms with van der Waals surface area (Å²) >= 11 is 0. The Hall–Kier alpha value is -0.600. The third kappa shape index (κ3) is 7.67. The van der Waals surface area contributed by atoms with Crippen molar-refractivity contribution in [2.24, 2.45) is 5.92 Å². The number of carbonyl (C=O) groups is 1. The molecule has 5 heteroatoms. The van der Waals surface area contributed by atoms with Crippen LogP contribution in [0.1, 0.15) is 65.7 Å². The molecule has 0 aromatic carbocycles. The second-order valence-corrected chi connectivity index (χ2v) is 8.93. The van der Waals surface area contributed by atoms with E-state index in [1.54, 1.807) is 6.92 Å². The Morgan fingerprint density at radius 2 is 1.83 bits per heavy atom. The van der Waals surface area contributed by atoms with Gasteiger partial charge in [0.05, 0.1) is 19.4 Å². The quantitative estimate of drug-likeness (QED) is 0.312. The van der Waals surface area contributed by atoms with E-state index >= 15 is 0 Å². The summed E-state index contributed by atoms with van der Waals surface area (Å²) in [6.45, 7) is 6.48. The van der Waals surface area contributed by atoms with E-state index in [0.717, 1.165) is 25.7 Å². The maximum Gasteiger partial charge on any atom is 0.334 e. The summed E-state index contributed by atoms with van der Waals surface area (Å²) in [6, 6.07) is 0. The topological polar surface area (TPSA) is 52.6 Å².